The van der Waals surface area contributed by atoms with Crippen LogP contribution in [0.3, 0.4) is 0 Å². The number of anilines is 1. The second-order valence-electron chi connectivity index (χ2n) is 3.84. The van der Waals surface area contributed by atoms with Crippen LogP contribution in [0.4, 0.5) is 5.69 Å². The number of benzene rings is 1. The van der Waals surface area contributed by atoms with Crippen LogP contribution in [-0.2, 0) is 0 Å². The number of fused-ring (bicyclic) bond motifs is 1. The van der Waals surface area contributed by atoms with Crippen LogP contribution in [0, 0.1) is 0 Å². The van der Waals surface area contributed by atoms with Gasteiger partial charge in [-0.1, -0.05) is 0 Å². The van der Waals surface area contributed by atoms with Crippen molar-refractivity contribution in [3.8, 4) is 0 Å². The van der Waals surface area contributed by atoms with Crippen molar-refractivity contribution >= 4 is 34.1 Å². The maximum Gasteiger partial charge on any atom is 0.274 e. The van der Waals surface area contributed by atoms with E-state index in [1.807, 2.05) is 12.1 Å². The Morgan fingerprint density at radius 3 is 3.05 bits per heavy atom. The van der Waals surface area contributed by atoms with Gasteiger partial charge >= 0.3 is 0 Å². The third-order valence-corrected chi connectivity index (χ3v) is 2.74. The van der Waals surface area contributed by atoms with Crippen molar-refractivity contribution in [3.63, 3.8) is 0 Å². The van der Waals surface area contributed by atoms with Crippen LogP contribution in [0.25, 0.3) is 10.9 Å². The summed E-state index contributed by atoms with van der Waals surface area (Å²) in [4.78, 5) is 19.5. The average Bonchev–Trinajstić information content (AvgIpc) is 2.86. The van der Waals surface area contributed by atoms with E-state index in [2.05, 4.69) is 25.5 Å². The zero-order valence-corrected chi connectivity index (χ0v) is 10.3. The molecule has 0 radical (unpaired) electrons. The minimum atomic E-state index is -0.341. The van der Waals surface area contributed by atoms with Gasteiger partial charge in [-0.2, -0.15) is 5.10 Å². The minimum Gasteiger partial charge on any atom is -0.321 e. The van der Waals surface area contributed by atoms with E-state index in [1.165, 1.54) is 12.3 Å². The van der Waals surface area contributed by atoms with E-state index in [0.717, 1.165) is 10.9 Å². The maximum atomic E-state index is 12.0. The van der Waals surface area contributed by atoms with E-state index < -0.39 is 0 Å². The first-order chi connectivity index (χ1) is 9.22. The summed E-state index contributed by atoms with van der Waals surface area (Å²) in [5.74, 6) is -0.341. The molecule has 3 aromatic rings. The second kappa shape index (κ2) is 4.66. The first-order valence-electron chi connectivity index (χ1n) is 5.45. The Morgan fingerprint density at radius 2 is 2.21 bits per heavy atom. The minimum absolute atomic E-state index is 0.0398. The maximum absolute atomic E-state index is 12.0. The zero-order chi connectivity index (χ0) is 13.2. The van der Waals surface area contributed by atoms with E-state index >= 15 is 0 Å². The van der Waals surface area contributed by atoms with Crippen molar-refractivity contribution in [3.05, 3.63) is 47.6 Å². The summed E-state index contributed by atoms with van der Waals surface area (Å²) in [5.41, 5.74) is 1.78. The number of nitrogens with one attached hydrogen (secondary N) is 2. The molecule has 0 saturated carbocycles. The molecule has 1 aromatic carbocycles. The number of amides is 1. The highest BCUT2D eigenvalue weighted by Crippen LogP contribution is 2.17. The van der Waals surface area contributed by atoms with E-state index in [4.69, 9.17) is 11.6 Å². The van der Waals surface area contributed by atoms with Crippen molar-refractivity contribution in [1.29, 1.82) is 0 Å². The van der Waals surface area contributed by atoms with Gasteiger partial charge in [0.2, 0.25) is 5.28 Å². The fourth-order valence-corrected chi connectivity index (χ4v) is 1.82. The van der Waals surface area contributed by atoms with Gasteiger partial charge in [-0.15, -0.1) is 0 Å². The Labute approximate surface area is 112 Å². The monoisotopic (exact) mass is 273 g/mol. The summed E-state index contributed by atoms with van der Waals surface area (Å²) in [5, 5.41) is 10.4. The first kappa shape index (κ1) is 11.6. The lowest BCUT2D eigenvalue weighted by molar-refractivity contribution is 0.102. The number of aromatic nitrogens is 4. The summed E-state index contributed by atoms with van der Waals surface area (Å²) in [6.45, 7) is 0. The molecule has 94 valence electrons. The number of H-pyrrole nitrogens is 1. The highest BCUT2D eigenvalue weighted by molar-refractivity contribution is 6.28. The van der Waals surface area contributed by atoms with Crippen LogP contribution in [0.15, 0.2) is 36.7 Å². The predicted molar refractivity (Wildman–Crippen MR) is 71.1 cm³/mol. The van der Waals surface area contributed by atoms with E-state index in [9.17, 15) is 4.79 Å². The fourth-order valence-electron chi connectivity index (χ4n) is 1.68. The van der Waals surface area contributed by atoms with Gasteiger partial charge in [0.15, 0.2) is 0 Å². The third-order valence-electron chi connectivity index (χ3n) is 2.56. The highest BCUT2D eigenvalue weighted by atomic mass is 35.5. The van der Waals surface area contributed by atoms with Crippen LogP contribution >= 0.6 is 11.6 Å². The smallest absolute Gasteiger partial charge is 0.274 e. The molecule has 0 unspecified atom stereocenters. The van der Waals surface area contributed by atoms with Gasteiger partial charge in [0.1, 0.15) is 5.69 Å². The zero-order valence-electron chi connectivity index (χ0n) is 9.59. The lowest BCUT2D eigenvalue weighted by atomic mass is 10.2. The van der Waals surface area contributed by atoms with Crippen molar-refractivity contribution in [2.45, 2.75) is 0 Å². The lowest BCUT2D eigenvalue weighted by Crippen LogP contribution is -2.13. The Hall–Kier alpha value is -2.47. The number of rotatable bonds is 2. The summed E-state index contributed by atoms with van der Waals surface area (Å²) in [6, 6.07) is 6.93. The van der Waals surface area contributed by atoms with Crippen LogP contribution in [0.2, 0.25) is 5.28 Å². The number of nitrogens with zero attached hydrogens (tertiary/aromatic N) is 3. The fraction of sp³-hybridized carbons (Fsp3) is 0. The van der Waals surface area contributed by atoms with Gasteiger partial charge in [-0.3, -0.25) is 9.89 Å². The standard InChI is InChI=1S/C12H8ClN5O/c13-12-14-4-3-10(17-12)11(19)16-8-1-2-9-7(5-8)6-15-18-9/h1-6H,(H,15,18)(H,16,19). The molecule has 0 atom stereocenters. The molecule has 0 aliphatic rings. The van der Waals surface area contributed by atoms with Gasteiger partial charge in [0.05, 0.1) is 11.7 Å². The SMILES string of the molecule is O=C(Nc1ccc2[nH]ncc2c1)c1ccnc(Cl)n1. The topological polar surface area (TPSA) is 83.6 Å². The summed E-state index contributed by atoms with van der Waals surface area (Å²) >= 11 is 5.64. The Kier molecular flexibility index (Phi) is 2.85. The highest BCUT2D eigenvalue weighted by Gasteiger charge is 2.09. The van der Waals surface area contributed by atoms with Crippen LogP contribution in [0.5, 0.6) is 0 Å². The van der Waals surface area contributed by atoms with Gasteiger partial charge < -0.3 is 5.32 Å². The summed E-state index contributed by atoms with van der Waals surface area (Å²) in [6.07, 6.45) is 3.12. The van der Waals surface area contributed by atoms with Gasteiger partial charge in [0.25, 0.3) is 5.91 Å². The molecule has 0 saturated heterocycles. The molecule has 6 nitrogen and oxygen atoms in total. The van der Waals surface area contributed by atoms with E-state index in [1.54, 1.807) is 12.3 Å². The number of carbonyl (C=O) groups excluding carboxylic acids is 1. The Morgan fingerprint density at radius 1 is 1.32 bits per heavy atom. The second-order valence-corrected chi connectivity index (χ2v) is 4.18. The lowest BCUT2D eigenvalue weighted by Gasteiger charge is -2.04. The van der Waals surface area contributed by atoms with Crippen molar-refractivity contribution in [2.75, 3.05) is 5.32 Å². The van der Waals surface area contributed by atoms with Gasteiger partial charge in [-0.25, -0.2) is 9.97 Å². The molecule has 2 heterocycles. The van der Waals surface area contributed by atoms with Gasteiger partial charge in [0, 0.05) is 17.3 Å². The normalized spacial score (nSPS) is 10.6. The molecule has 0 fully saturated rings. The molecular formula is C12H8ClN5O. The Bertz CT molecular complexity index is 754. The summed E-state index contributed by atoms with van der Waals surface area (Å²) < 4.78 is 0. The number of hydrogen-bond acceptors (Lipinski definition) is 4. The van der Waals surface area contributed by atoms with Crippen LogP contribution in [-0.4, -0.2) is 26.1 Å². The molecule has 0 aliphatic heterocycles. The van der Waals surface area contributed by atoms with Crippen molar-refractivity contribution in [1.82, 2.24) is 20.2 Å². The molecule has 1 amide bonds. The molecule has 2 N–H and O–H groups in total. The molecular weight excluding hydrogens is 266 g/mol. The van der Waals surface area contributed by atoms with Crippen molar-refractivity contribution in [2.24, 2.45) is 0 Å². The Balaban J connectivity index is 1.86. The number of hydrogen-bond donors (Lipinski definition) is 2. The molecule has 0 bridgehead atoms. The largest absolute Gasteiger partial charge is 0.321 e. The van der Waals surface area contributed by atoms with E-state index in [0.29, 0.717) is 5.69 Å². The van der Waals surface area contributed by atoms with Crippen molar-refractivity contribution < 1.29 is 4.79 Å². The molecule has 3 rings (SSSR count). The molecule has 19 heavy (non-hydrogen) atoms. The number of carbonyl (C=O) groups is 1. The first-order valence-corrected chi connectivity index (χ1v) is 5.83. The van der Waals surface area contributed by atoms with E-state index in [-0.39, 0.29) is 16.9 Å². The molecule has 7 heteroatoms. The van der Waals surface area contributed by atoms with Gasteiger partial charge in [-0.05, 0) is 35.9 Å². The quantitative estimate of drug-likeness (QED) is 0.702. The molecule has 0 aliphatic carbocycles. The number of halogens is 1. The van der Waals surface area contributed by atoms with Crippen LogP contribution in [0.1, 0.15) is 10.5 Å². The average molecular weight is 274 g/mol. The predicted octanol–water partition coefficient (Wildman–Crippen LogP) is 2.26. The molecule has 0 spiro atoms. The summed E-state index contributed by atoms with van der Waals surface area (Å²) in [7, 11) is 0. The van der Waals surface area contributed by atoms with Crippen LogP contribution < -0.4 is 5.32 Å². The third kappa shape index (κ3) is 2.38. The molecule has 2 aromatic heterocycles. The number of aromatic amines is 1.